The molecule has 3 aliphatic rings. The van der Waals surface area contributed by atoms with Crippen molar-refractivity contribution in [3.8, 4) is 11.5 Å². The van der Waals surface area contributed by atoms with E-state index < -0.39 is 0 Å². The van der Waals surface area contributed by atoms with Crippen molar-refractivity contribution in [2.75, 3.05) is 26.3 Å². The minimum absolute atomic E-state index is 0.0356. The smallest absolute Gasteiger partial charge is 0.254 e. The zero-order chi connectivity index (χ0) is 21.2. The van der Waals surface area contributed by atoms with Gasteiger partial charge >= 0.3 is 0 Å². The van der Waals surface area contributed by atoms with Crippen molar-refractivity contribution in [1.29, 1.82) is 0 Å². The molecule has 2 aromatic carbocycles. The first-order valence-corrected chi connectivity index (χ1v) is 11.3. The quantitative estimate of drug-likeness (QED) is 0.752. The molecule has 0 unspecified atom stereocenters. The highest BCUT2D eigenvalue weighted by Gasteiger charge is 2.31. The van der Waals surface area contributed by atoms with Crippen molar-refractivity contribution in [2.24, 2.45) is 0 Å². The number of carbonyl (C=O) groups excluding carboxylic acids is 2. The van der Waals surface area contributed by atoms with Gasteiger partial charge in [-0.1, -0.05) is 18.2 Å². The molecule has 0 N–H and O–H groups in total. The van der Waals surface area contributed by atoms with Crippen molar-refractivity contribution < 1.29 is 19.1 Å². The molecule has 31 heavy (non-hydrogen) atoms. The van der Waals surface area contributed by atoms with Gasteiger partial charge in [-0.25, -0.2) is 0 Å². The highest BCUT2D eigenvalue weighted by molar-refractivity contribution is 5.95. The third-order valence-corrected chi connectivity index (χ3v) is 6.39. The lowest BCUT2D eigenvalue weighted by Gasteiger charge is -2.26. The van der Waals surface area contributed by atoms with E-state index >= 15 is 0 Å². The zero-order valence-corrected chi connectivity index (χ0v) is 17.7. The molecular formula is C25H28N2O4. The second-order valence-electron chi connectivity index (χ2n) is 8.53. The summed E-state index contributed by atoms with van der Waals surface area (Å²) in [5.41, 5.74) is 2.78. The van der Waals surface area contributed by atoms with Crippen molar-refractivity contribution in [3.05, 3.63) is 59.2 Å². The molecule has 0 radical (unpaired) electrons. The van der Waals surface area contributed by atoms with Gasteiger partial charge in [0.05, 0.1) is 19.3 Å². The standard InChI is InChI=1S/C25H28N2O4/c28-24-8-3-11-26(24)17-18-5-1-6-20(15-18)25(29)27-12-2-7-21(27)19-9-10-22-23(16-19)31-14-4-13-30-22/h1,5-6,9-10,15-16,21H,2-4,7-8,11-14,17H2/t21-/m1/s1. The Morgan fingerprint density at radius 3 is 2.68 bits per heavy atom. The average Bonchev–Trinajstić information content (AvgIpc) is 3.36. The lowest BCUT2D eigenvalue weighted by molar-refractivity contribution is -0.128. The van der Waals surface area contributed by atoms with E-state index in [-0.39, 0.29) is 17.9 Å². The Morgan fingerprint density at radius 2 is 1.84 bits per heavy atom. The van der Waals surface area contributed by atoms with Crippen LogP contribution >= 0.6 is 0 Å². The van der Waals surface area contributed by atoms with Gasteiger partial charge in [0, 0.05) is 38.0 Å². The normalized spacial score (nSPS) is 20.8. The van der Waals surface area contributed by atoms with Crippen LogP contribution in [-0.2, 0) is 11.3 Å². The van der Waals surface area contributed by atoms with Crippen LogP contribution < -0.4 is 9.47 Å². The first kappa shape index (κ1) is 19.9. The molecule has 0 bridgehead atoms. The maximum Gasteiger partial charge on any atom is 0.254 e. The van der Waals surface area contributed by atoms with Crippen LogP contribution in [0.25, 0.3) is 0 Å². The predicted octanol–water partition coefficient (Wildman–Crippen LogP) is 3.95. The summed E-state index contributed by atoms with van der Waals surface area (Å²) in [6, 6.07) is 13.8. The first-order valence-electron chi connectivity index (χ1n) is 11.3. The van der Waals surface area contributed by atoms with Gasteiger partial charge in [-0.3, -0.25) is 9.59 Å². The molecule has 0 spiro atoms. The molecule has 2 amide bonds. The van der Waals surface area contributed by atoms with E-state index in [0.29, 0.717) is 31.7 Å². The Balaban J connectivity index is 1.35. The number of nitrogens with zero attached hydrogens (tertiary/aromatic N) is 2. The fourth-order valence-corrected chi connectivity index (χ4v) is 4.80. The van der Waals surface area contributed by atoms with Crippen LogP contribution in [0.4, 0.5) is 0 Å². The van der Waals surface area contributed by atoms with Crippen LogP contribution in [0.3, 0.4) is 0 Å². The predicted molar refractivity (Wildman–Crippen MR) is 116 cm³/mol. The lowest BCUT2D eigenvalue weighted by Crippen LogP contribution is -2.31. The molecule has 0 aliphatic carbocycles. The average molecular weight is 421 g/mol. The fraction of sp³-hybridized carbons (Fsp3) is 0.440. The number of hydrogen-bond acceptors (Lipinski definition) is 4. The summed E-state index contributed by atoms with van der Waals surface area (Å²) in [6.45, 7) is 3.43. The number of amides is 2. The summed E-state index contributed by atoms with van der Waals surface area (Å²) < 4.78 is 11.6. The molecule has 5 rings (SSSR count). The monoisotopic (exact) mass is 420 g/mol. The molecule has 6 nitrogen and oxygen atoms in total. The molecule has 0 aromatic heterocycles. The van der Waals surface area contributed by atoms with Crippen LogP contribution in [0, 0.1) is 0 Å². The van der Waals surface area contributed by atoms with E-state index in [1.807, 2.05) is 46.2 Å². The number of benzene rings is 2. The van der Waals surface area contributed by atoms with E-state index in [4.69, 9.17) is 9.47 Å². The van der Waals surface area contributed by atoms with Crippen LogP contribution in [-0.4, -0.2) is 47.9 Å². The van der Waals surface area contributed by atoms with Gasteiger partial charge < -0.3 is 19.3 Å². The van der Waals surface area contributed by atoms with E-state index in [0.717, 1.165) is 61.4 Å². The zero-order valence-electron chi connectivity index (χ0n) is 17.7. The second kappa shape index (κ2) is 8.61. The van der Waals surface area contributed by atoms with Crippen LogP contribution in [0.15, 0.2) is 42.5 Å². The summed E-state index contributed by atoms with van der Waals surface area (Å²) >= 11 is 0. The van der Waals surface area contributed by atoms with Gasteiger partial charge in [-0.2, -0.15) is 0 Å². The van der Waals surface area contributed by atoms with Gasteiger partial charge in [-0.15, -0.1) is 0 Å². The topological polar surface area (TPSA) is 59.1 Å². The molecule has 0 saturated carbocycles. The maximum absolute atomic E-state index is 13.4. The van der Waals surface area contributed by atoms with Crippen LogP contribution in [0.1, 0.15) is 59.6 Å². The van der Waals surface area contributed by atoms with Crippen molar-refractivity contribution in [3.63, 3.8) is 0 Å². The lowest BCUT2D eigenvalue weighted by atomic mass is 10.0. The minimum atomic E-state index is 0.0356. The molecule has 2 aromatic rings. The highest BCUT2D eigenvalue weighted by atomic mass is 16.5. The Labute approximate surface area is 182 Å². The summed E-state index contributed by atoms with van der Waals surface area (Å²) in [5.74, 6) is 1.79. The van der Waals surface area contributed by atoms with E-state index in [1.165, 1.54) is 0 Å². The largest absolute Gasteiger partial charge is 0.490 e. The molecule has 3 heterocycles. The summed E-state index contributed by atoms with van der Waals surface area (Å²) in [7, 11) is 0. The Hall–Kier alpha value is -3.02. The fourth-order valence-electron chi connectivity index (χ4n) is 4.80. The number of rotatable bonds is 4. The van der Waals surface area contributed by atoms with E-state index in [1.54, 1.807) is 0 Å². The number of fused-ring (bicyclic) bond motifs is 1. The van der Waals surface area contributed by atoms with Gasteiger partial charge in [0.25, 0.3) is 5.91 Å². The van der Waals surface area contributed by atoms with Crippen LogP contribution in [0.2, 0.25) is 0 Å². The maximum atomic E-state index is 13.4. The number of ether oxygens (including phenoxy) is 2. The molecular weight excluding hydrogens is 392 g/mol. The van der Waals surface area contributed by atoms with Gasteiger partial charge in [0.1, 0.15) is 0 Å². The Morgan fingerprint density at radius 1 is 0.968 bits per heavy atom. The van der Waals surface area contributed by atoms with E-state index in [9.17, 15) is 9.59 Å². The molecule has 2 saturated heterocycles. The third-order valence-electron chi connectivity index (χ3n) is 6.39. The van der Waals surface area contributed by atoms with Crippen LogP contribution in [0.5, 0.6) is 11.5 Å². The Bertz CT molecular complexity index is 989. The number of hydrogen-bond donors (Lipinski definition) is 0. The van der Waals surface area contributed by atoms with Gasteiger partial charge in [0.15, 0.2) is 11.5 Å². The number of carbonyl (C=O) groups is 2. The minimum Gasteiger partial charge on any atom is -0.490 e. The summed E-state index contributed by atoms with van der Waals surface area (Å²) in [6.07, 6.45) is 4.34. The van der Waals surface area contributed by atoms with Gasteiger partial charge in [-0.05, 0) is 54.7 Å². The van der Waals surface area contributed by atoms with Crippen molar-refractivity contribution in [1.82, 2.24) is 9.80 Å². The molecule has 6 heteroatoms. The Kier molecular flexibility index (Phi) is 5.53. The summed E-state index contributed by atoms with van der Waals surface area (Å²) in [4.78, 5) is 29.2. The molecule has 162 valence electrons. The first-order chi connectivity index (χ1) is 15.2. The third kappa shape index (κ3) is 4.11. The van der Waals surface area contributed by atoms with E-state index in [2.05, 4.69) is 6.07 Å². The summed E-state index contributed by atoms with van der Waals surface area (Å²) in [5, 5.41) is 0. The van der Waals surface area contributed by atoms with Crippen molar-refractivity contribution in [2.45, 2.75) is 44.7 Å². The number of likely N-dealkylation sites (tertiary alicyclic amines) is 2. The molecule has 2 fully saturated rings. The second-order valence-corrected chi connectivity index (χ2v) is 8.53. The van der Waals surface area contributed by atoms with Crippen molar-refractivity contribution >= 4 is 11.8 Å². The molecule has 3 aliphatic heterocycles. The van der Waals surface area contributed by atoms with Gasteiger partial charge in [0.2, 0.25) is 5.91 Å². The highest BCUT2D eigenvalue weighted by Crippen LogP contribution is 2.38. The molecule has 1 atom stereocenters. The SMILES string of the molecule is O=C1CCCN1Cc1cccc(C(=O)N2CCC[C@@H]2c2ccc3c(c2)OCCCO3)c1.